The van der Waals surface area contributed by atoms with Gasteiger partial charge in [-0.25, -0.2) is 0 Å². The lowest BCUT2D eigenvalue weighted by Gasteiger charge is -2.16. The normalized spacial score (nSPS) is 10.3. The van der Waals surface area contributed by atoms with Crippen molar-refractivity contribution in [3.63, 3.8) is 0 Å². The Labute approximate surface area is 92.0 Å². The molecule has 0 saturated carbocycles. The lowest BCUT2D eigenvalue weighted by Crippen LogP contribution is -2.24. The van der Waals surface area contributed by atoms with Crippen LogP contribution in [0.25, 0.3) is 0 Å². The summed E-state index contributed by atoms with van der Waals surface area (Å²) in [6.07, 6.45) is 0. The SMILES string of the molecule is COCCN(C)c1snc(N)c1C(N)=O. The number of nitrogens with zero attached hydrogens (tertiary/aromatic N) is 2. The number of nitrogen functional groups attached to an aromatic ring is 1. The Hall–Kier alpha value is -1.34. The summed E-state index contributed by atoms with van der Waals surface area (Å²) in [5, 5.41) is 0.678. The molecule has 0 aliphatic heterocycles. The third-order valence-electron chi connectivity index (χ3n) is 1.92. The topological polar surface area (TPSA) is 94.5 Å². The molecule has 0 aliphatic rings. The quantitative estimate of drug-likeness (QED) is 0.737. The average molecular weight is 230 g/mol. The fourth-order valence-corrected chi connectivity index (χ4v) is 1.92. The van der Waals surface area contributed by atoms with Crippen molar-refractivity contribution in [3.8, 4) is 0 Å². The highest BCUT2D eigenvalue weighted by Crippen LogP contribution is 2.28. The van der Waals surface area contributed by atoms with Gasteiger partial charge in [0.2, 0.25) is 0 Å². The maximum atomic E-state index is 11.1. The van der Waals surface area contributed by atoms with Gasteiger partial charge in [0.1, 0.15) is 10.6 Å². The molecule has 0 bridgehead atoms. The van der Waals surface area contributed by atoms with E-state index in [4.69, 9.17) is 16.2 Å². The van der Waals surface area contributed by atoms with Crippen molar-refractivity contribution in [2.75, 3.05) is 37.9 Å². The number of likely N-dealkylation sites (N-methyl/N-ethyl adjacent to an activating group) is 1. The predicted molar refractivity (Wildman–Crippen MR) is 60.2 cm³/mol. The first kappa shape index (κ1) is 11.7. The van der Waals surface area contributed by atoms with Crippen LogP contribution in [0.4, 0.5) is 10.8 Å². The molecule has 0 atom stereocenters. The number of nitrogens with two attached hydrogens (primary N) is 2. The van der Waals surface area contributed by atoms with Crippen LogP contribution in [0, 0.1) is 0 Å². The summed E-state index contributed by atoms with van der Waals surface area (Å²) >= 11 is 1.16. The number of rotatable bonds is 5. The predicted octanol–water partition coefficient (Wildman–Crippen LogP) is -0.0932. The van der Waals surface area contributed by atoms with E-state index in [1.165, 1.54) is 0 Å². The number of hydrogen-bond donors (Lipinski definition) is 2. The molecule has 0 unspecified atom stereocenters. The van der Waals surface area contributed by atoms with Crippen LogP contribution in [0.5, 0.6) is 0 Å². The molecule has 1 aromatic heterocycles. The molecule has 15 heavy (non-hydrogen) atoms. The van der Waals surface area contributed by atoms with E-state index < -0.39 is 5.91 Å². The van der Waals surface area contributed by atoms with E-state index in [1.54, 1.807) is 7.11 Å². The molecule has 1 heterocycles. The van der Waals surface area contributed by atoms with Crippen LogP contribution in [-0.4, -0.2) is 37.6 Å². The smallest absolute Gasteiger partial charge is 0.255 e. The van der Waals surface area contributed by atoms with E-state index in [1.807, 2.05) is 11.9 Å². The summed E-state index contributed by atoms with van der Waals surface area (Å²) in [5.41, 5.74) is 11.1. The van der Waals surface area contributed by atoms with E-state index in [2.05, 4.69) is 4.37 Å². The van der Waals surface area contributed by atoms with E-state index in [9.17, 15) is 4.79 Å². The van der Waals surface area contributed by atoms with Gasteiger partial charge in [0, 0.05) is 20.7 Å². The molecule has 7 heteroatoms. The number of amides is 1. The third-order valence-corrected chi connectivity index (χ3v) is 2.90. The van der Waals surface area contributed by atoms with Gasteiger partial charge in [-0.05, 0) is 11.5 Å². The number of carbonyl (C=O) groups excluding carboxylic acids is 1. The van der Waals surface area contributed by atoms with Crippen molar-refractivity contribution >= 4 is 28.3 Å². The molecule has 0 aliphatic carbocycles. The van der Waals surface area contributed by atoms with Crippen LogP contribution >= 0.6 is 11.5 Å². The summed E-state index contributed by atoms with van der Waals surface area (Å²) in [4.78, 5) is 13.0. The minimum absolute atomic E-state index is 0.187. The second-order valence-corrected chi connectivity index (χ2v) is 3.78. The lowest BCUT2D eigenvalue weighted by atomic mass is 10.3. The van der Waals surface area contributed by atoms with Gasteiger partial charge in [0.05, 0.1) is 6.61 Å². The molecule has 1 amide bonds. The van der Waals surface area contributed by atoms with Gasteiger partial charge in [-0.15, -0.1) is 0 Å². The molecule has 1 rings (SSSR count). The van der Waals surface area contributed by atoms with Gasteiger partial charge in [-0.1, -0.05) is 0 Å². The summed E-state index contributed by atoms with van der Waals surface area (Å²) in [6, 6.07) is 0. The highest BCUT2D eigenvalue weighted by Gasteiger charge is 2.19. The van der Waals surface area contributed by atoms with Crippen molar-refractivity contribution < 1.29 is 9.53 Å². The van der Waals surface area contributed by atoms with Gasteiger partial charge >= 0.3 is 0 Å². The fraction of sp³-hybridized carbons (Fsp3) is 0.500. The maximum Gasteiger partial charge on any atom is 0.255 e. The summed E-state index contributed by atoms with van der Waals surface area (Å²) in [7, 11) is 3.45. The number of aromatic nitrogens is 1. The lowest BCUT2D eigenvalue weighted by molar-refractivity contribution is 0.100. The highest BCUT2D eigenvalue weighted by atomic mass is 32.1. The molecular weight excluding hydrogens is 216 g/mol. The monoisotopic (exact) mass is 230 g/mol. The number of primary amides is 1. The van der Waals surface area contributed by atoms with Crippen LogP contribution < -0.4 is 16.4 Å². The van der Waals surface area contributed by atoms with Crippen molar-refractivity contribution in [3.05, 3.63) is 5.56 Å². The number of anilines is 2. The second-order valence-electron chi connectivity index (χ2n) is 3.03. The largest absolute Gasteiger partial charge is 0.383 e. The molecule has 6 nitrogen and oxygen atoms in total. The van der Waals surface area contributed by atoms with Crippen molar-refractivity contribution in [1.29, 1.82) is 0 Å². The first-order chi connectivity index (χ1) is 7.07. The van der Waals surface area contributed by atoms with Gasteiger partial charge < -0.3 is 21.1 Å². The van der Waals surface area contributed by atoms with Crippen LogP contribution in [0.3, 0.4) is 0 Å². The van der Waals surface area contributed by atoms with Crippen molar-refractivity contribution in [2.45, 2.75) is 0 Å². The summed E-state index contributed by atoms with van der Waals surface area (Å²) in [5.74, 6) is -0.368. The van der Waals surface area contributed by atoms with Crippen LogP contribution in [0.2, 0.25) is 0 Å². The summed E-state index contributed by atoms with van der Waals surface area (Å²) < 4.78 is 8.84. The molecule has 84 valence electrons. The number of ether oxygens (including phenoxy) is 1. The van der Waals surface area contributed by atoms with E-state index in [0.717, 1.165) is 11.5 Å². The fourth-order valence-electron chi connectivity index (χ4n) is 1.12. The van der Waals surface area contributed by atoms with Crippen LogP contribution in [0.1, 0.15) is 10.4 Å². The Bertz CT molecular complexity index is 352. The molecule has 0 radical (unpaired) electrons. The zero-order chi connectivity index (χ0) is 11.4. The Morgan fingerprint density at radius 2 is 2.33 bits per heavy atom. The van der Waals surface area contributed by atoms with Crippen LogP contribution in [-0.2, 0) is 4.74 Å². The number of methoxy groups -OCH3 is 1. The first-order valence-electron chi connectivity index (χ1n) is 4.33. The van der Waals surface area contributed by atoms with Crippen molar-refractivity contribution in [2.24, 2.45) is 5.73 Å². The van der Waals surface area contributed by atoms with Gasteiger partial charge in [0.15, 0.2) is 5.82 Å². The van der Waals surface area contributed by atoms with E-state index >= 15 is 0 Å². The molecule has 0 fully saturated rings. The number of hydrogen-bond acceptors (Lipinski definition) is 6. The van der Waals surface area contributed by atoms with Crippen LogP contribution in [0.15, 0.2) is 0 Å². The van der Waals surface area contributed by atoms with E-state index in [-0.39, 0.29) is 5.82 Å². The Morgan fingerprint density at radius 1 is 1.67 bits per heavy atom. The summed E-state index contributed by atoms with van der Waals surface area (Å²) in [6.45, 7) is 1.21. The molecule has 0 aromatic carbocycles. The minimum Gasteiger partial charge on any atom is -0.383 e. The van der Waals surface area contributed by atoms with Gasteiger partial charge in [0.25, 0.3) is 5.91 Å². The van der Waals surface area contributed by atoms with Gasteiger partial charge in [-0.3, -0.25) is 4.79 Å². The maximum absolute atomic E-state index is 11.1. The second kappa shape index (κ2) is 4.94. The Morgan fingerprint density at radius 3 is 2.87 bits per heavy atom. The zero-order valence-electron chi connectivity index (χ0n) is 8.69. The third kappa shape index (κ3) is 2.57. The molecular formula is C8H14N4O2S. The molecule has 0 spiro atoms. The number of carbonyl (C=O) groups is 1. The highest BCUT2D eigenvalue weighted by molar-refractivity contribution is 7.11. The zero-order valence-corrected chi connectivity index (χ0v) is 9.50. The van der Waals surface area contributed by atoms with E-state index in [0.29, 0.717) is 23.7 Å². The average Bonchev–Trinajstić information content (AvgIpc) is 2.56. The standard InChI is InChI=1S/C8H14N4O2S/c1-12(3-4-14-2)8-5(7(10)13)6(9)11-15-8/h3-4H2,1-2H3,(H2,9,11)(H2,10,13). The van der Waals surface area contributed by atoms with Gasteiger partial charge in [-0.2, -0.15) is 4.37 Å². The molecule has 0 saturated heterocycles. The molecule has 1 aromatic rings. The Kier molecular flexibility index (Phi) is 3.87. The minimum atomic E-state index is -0.555. The Balaban J connectivity index is 2.88. The molecule has 4 N–H and O–H groups in total. The van der Waals surface area contributed by atoms with Crippen molar-refractivity contribution in [1.82, 2.24) is 4.37 Å². The first-order valence-corrected chi connectivity index (χ1v) is 5.10.